The van der Waals surface area contributed by atoms with Crippen molar-refractivity contribution in [2.24, 2.45) is 0 Å². The van der Waals surface area contributed by atoms with Crippen LogP contribution in [0.25, 0.3) is 0 Å². The molecule has 0 N–H and O–H groups in total. The second-order valence-corrected chi connectivity index (χ2v) is 2.32. The molecule has 0 aromatic heterocycles. The Morgan fingerprint density at radius 2 is 2.25 bits per heavy atom. The van der Waals surface area contributed by atoms with Crippen molar-refractivity contribution >= 4 is 0 Å². The topological polar surface area (TPSA) is 0 Å². The fraction of sp³-hybridized carbons (Fsp3) is 0.500. The summed E-state index contributed by atoms with van der Waals surface area (Å²) in [6, 6.07) is 0. The molecule has 0 aromatic rings. The Morgan fingerprint density at radius 3 is 3.12 bits per heavy atom. The Kier molecular flexibility index (Phi) is 1.90. The Hall–Kier alpha value is -0.520. The maximum Gasteiger partial charge on any atom is -0.0142 e. The van der Waals surface area contributed by atoms with Gasteiger partial charge in [-0.2, -0.15) is 0 Å². The largest absolute Gasteiger partial charge is 0.0995 e. The van der Waals surface area contributed by atoms with Crippen LogP contribution in [-0.2, 0) is 0 Å². The zero-order valence-corrected chi connectivity index (χ0v) is 5.19. The van der Waals surface area contributed by atoms with Gasteiger partial charge < -0.3 is 0 Å². The molecule has 0 saturated heterocycles. The molecule has 44 valence electrons. The summed E-state index contributed by atoms with van der Waals surface area (Å²) in [7, 11) is 0. The molecule has 0 bridgehead atoms. The van der Waals surface area contributed by atoms with Crippen molar-refractivity contribution in [3.8, 4) is 0 Å². The van der Waals surface area contributed by atoms with E-state index in [4.69, 9.17) is 0 Å². The van der Waals surface area contributed by atoms with E-state index < -0.39 is 0 Å². The van der Waals surface area contributed by atoms with Gasteiger partial charge in [-0.25, -0.2) is 0 Å². The normalized spacial score (nSPS) is 20.8. The lowest BCUT2D eigenvalue weighted by atomic mass is 10.1. The summed E-state index contributed by atoms with van der Waals surface area (Å²) in [5, 5.41) is 0. The molecule has 0 amide bonds. The summed E-state index contributed by atoms with van der Waals surface area (Å²) in [6.07, 6.45) is 9.36. The van der Waals surface area contributed by atoms with Crippen LogP contribution in [0, 0.1) is 0 Å². The second-order valence-electron chi connectivity index (χ2n) is 2.32. The number of allylic oxidation sites excluding steroid dienone is 3. The van der Waals surface area contributed by atoms with E-state index >= 15 is 0 Å². The van der Waals surface area contributed by atoms with Gasteiger partial charge in [-0.1, -0.05) is 24.3 Å². The highest BCUT2D eigenvalue weighted by Gasteiger charge is 1.94. The highest BCUT2D eigenvalue weighted by Crippen LogP contribution is 2.14. The van der Waals surface area contributed by atoms with Gasteiger partial charge in [0.15, 0.2) is 0 Å². The molecule has 0 unspecified atom stereocenters. The molecular formula is C8H12. The molecule has 0 aliphatic heterocycles. The van der Waals surface area contributed by atoms with Crippen molar-refractivity contribution < 1.29 is 0 Å². The zero-order chi connectivity index (χ0) is 5.82. The summed E-state index contributed by atoms with van der Waals surface area (Å²) in [5.41, 5.74) is 1.39. The average Bonchev–Trinajstić information content (AvgIpc) is 1.94. The summed E-state index contributed by atoms with van der Waals surface area (Å²) in [5.74, 6) is 0. The van der Waals surface area contributed by atoms with E-state index in [0.29, 0.717) is 0 Å². The first kappa shape index (κ1) is 5.61. The molecule has 1 aliphatic carbocycles. The van der Waals surface area contributed by atoms with Crippen LogP contribution in [0.3, 0.4) is 0 Å². The minimum atomic E-state index is 1.11. The second kappa shape index (κ2) is 2.71. The first-order chi connectivity index (χ1) is 3.89. The lowest BCUT2D eigenvalue weighted by Crippen LogP contribution is -1.73. The monoisotopic (exact) mass is 108 g/mol. The predicted molar refractivity (Wildman–Crippen MR) is 36.7 cm³/mol. The molecule has 0 heterocycles. The highest BCUT2D eigenvalue weighted by molar-refractivity contribution is 5.04. The van der Waals surface area contributed by atoms with Gasteiger partial charge >= 0.3 is 0 Å². The summed E-state index contributed by atoms with van der Waals surface area (Å²) in [4.78, 5) is 0. The van der Waals surface area contributed by atoms with Crippen LogP contribution in [0.1, 0.15) is 25.7 Å². The van der Waals surface area contributed by atoms with Crippen molar-refractivity contribution in [1.29, 1.82) is 0 Å². The molecule has 0 aromatic carbocycles. The molecule has 8 heavy (non-hydrogen) atoms. The molecule has 0 atom stereocenters. The van der Waals surface area contributed by atoms with Crippen LogP contribution in [-0.4, -0.2) is 0 Å². The maximum absolute atomic E-state index is 3.92. The van der Waals surface area contributed by atoms with Crippen LogP contribution in [0.2, 0.25) is 0 Å². The zero-order valence-electron chi connectivity index (χ0n) is 5.19. The van der Waals surface area contributed by atoms with E-state index in [1.54, 1.807) is 0 Å². The molecule has 0 radical (unpaired) electrons. The van der Waals surface area contributed by atoms with Crippen LogP contribution in [0.5, 0.6) is 0 Å². The third-order valence-electron chi connectivity index (χ3n) is 1.47. The van der Waals surface area contributed by atoms with Gasteiger partial charge in [0.2, 0.25) is 0 Å². The summed E-state index contributed by atoms with van der Waals surface area (Å²) >= 11 is 0. The molecule has 0 saturated carbocycles. The molecule has 1 aliphatic rings. The molecule has 0 heteroatoms. The molecule has 1 rings (SSSR count). The Morgan fingerprint density at radius 1 is 1.38 bits per heavy atom. The minimum Gasteiger partial charge on any atom is -0.0995 e. The standard InChI is InChI=1S/C8H12/c1-8-6-4-2-3-5-7-8/h2,4H,1,3,5-7H2. The van der Waals surface area contributed by atoms with Crippen LogP contribution >= 0.6 is 0 Å². The van der Waals surface area contributed by atoms with Crippen molar-refractivity contribution in [3.63, 3.8) is 0 Å². The Labute approximate surface area is 50.9 Å². The fourth-order valence-corrected chi connectivity index (χ4v) is 0.940. The van der Waals surface area contributed by atoms with E-state index in [1.165, 1.54) is 24.8 Å². The first-order valence-electron chi connectivity index (χ1n) is 3.21. The van der Waals surface area contributed by atoms with Crippen LogP contribution < -0.4 is 0 Å². The Balaban J connectivity index is 2.41. The van der Waals surface area contributed by atoms with E-state index in [1.807, 2.05) is 0 Å². The van der Waals surface area contributed by atoms with Gasteiger partial charge in [0.05, 0.1) is 0 Å². The van der Waals surface area contributed by atoms with Crippen LogP contribution in [0.15, 0.2) is 24.3 Å². The average molecular weight is 108 g/mol. The van der Waals surface area contributed by atoms with E-state index in [9.17, 15) is 0 Å². The third kappa shape index (κ3) is 1.53. The summed E-state index contributed by atoms with van der Waals surface area (Å²) < 4.78 is 0. The van der Waals surface area contributed by atoms with Gasteiger partial charge in [0, 0.05) is 0 Å². The van der Waals surface area contributed by atoms with E-state index in [0.717, 1.165) is 6.42 Å². The fourth-order valence-electron chi connectivity index (χ4n) is 0.940. The van der Waals surface area contributed by atoms with Crippen molar-refractivity contribution in [2.75, 3.05) is 0 Å². The molecule has 0 nitrogen and oxygen atoms in total. The van der Waals surface area contributed by atoms with E-state index in [-0.39, 0.29) is 0 Å². The van der Waals surface area contributed by atoms with Crippen molar-refractivity contribution in [2.45, 2.75) is 25.7 Å². The minimum absolute atomic E-state index is 1.11. The molecule has 0 fully saturated rings. The van der Waals surface area contributed by atoms with Gasteiger partial charge in [-0.3, -0.25) is 0 Å². The number of hydrogen-bond acceptors (Lipinski definition) is 0. The van der Waals surface area contributed by atoms with Crippen LogP contribution in [0.4, 0.5) is 0 Å². The van der Waals surface area contributed by atoms with E-state index in [2.05, 4.69) is 18.7 Å². The Bertz CT molecular complexity index is 109. The van der Waals surface area contributed by atoms with Gasteiger partial charge in [-0.05, 0) is 25.7 Å². The third-order valence-corrected chi connectivity index (χ3v) is 1.47. The first-order valence-corrected chi connectivity index (χ1v) is 3.21. The van der Waals surface area contributed by atoms with Gasteiger partial charge in [0.25, 0.3) is 0 Å². The number of rotatable bonds is 0. The quantitative estimate of drug-likeness (QED) is 0.418. The smallest absolute Gasteiger partial charge is 0.0142 e. The lowest BCUT2D eigenvalue weighted by molar-refractivity contribution is 0.841. The number of hydrogen-bond donors (Lipinski definition) is 0. The van der Waals surface area contributed by atoms with Crippen molar-refractivity contribution in [3.05, 3.63) is 24.3 Å². The SMILES string of the molecule is C=C1CC=CCCC1. The maximum atomic E-state index is 3.92. The lowest BCUT2D eigenvalue weighted by Gasteiger charge is -1.93. The highest BCUT2D eigenvalue weighted by atomic mass is 14.0. The predicted octanol–water partition coefficient (Wildman–Crippen LogP) is 2.67. The van der Waals surface area contributed by atoms with Crippen molar-refractivity contribution in [1.82, 2.24) is 0 Å². The summed E-state index contributed by atoms with van der Waals surface area (Å²) in [6.45, 7) is 3.92. The molecule has 0 spiro atoms. The van der Waals surface area contributed by atoms with Gasteiger partial charge in [0.1, 0.15) is 0 Å². The van der Waals surface area contributed by atoms with Gasteiger partial charge in [-0.15, -0.1) is 0 Å². The molecular weight excluding hydrogens is 96.1 g/mol.